The number of aromatic carboxylic acids is 1. The molecular formula is C20H16N4O4S. The number of nitrogens with zero attached hydrogens (tertiary/aromatic N) is 3. The molecule has 0 atom stereocenters. The summed E-state index contributed by atoms with van der Waals surface area (Å²) in [5, 5.41) is 24.3. The standard InChI is InChI=1S/C20H16N4O4S/c1-2-3-16-23-24-17(21)14(18(25)22-20(24)29-16)10-13-8-9-15(28-13)11-4-6-12(7-5-11)19(26)27/h4-10,21H,2-3H2,1H3,(H,26,27)/b14-10+,21-17?. The molecule has 0 aliphatic carbocycles. The van der Waals surface area contributed by atoms with Crippen molar-refractivity contribution in [1.29, 1.82) is 5.41 Å². The fourth-order valence-electron chi connectivity index (χ4n) is 2.85. The quantitative estimate of drug-likeness (QED) is 0.720. The second kappa shape index (κ2) is 7.51. The Morgan fingerprint density at radius 2 is 2.03 bits per heavy atom. The third-order valence-corrected chi connectivity index (χ3v) is 5.26. The first-order valence-electron chi connectivity index (χ1n) is 8.89. The molecule has 2 aliphatic rings. The second-order valence-corrected chi connectivity index (χ2v) is 7.39. The first-order valence-corrected chi connectivity index (χ1v) is 9.70. The molecule has 0 unspecified atom stereocenters. The number of hydrazone groups is 1. The molecule has 0 radical (unpaired) electrons. The van der Waals surface area contributed by atoms with E-state index in [0.29, 0.717) is 22.3 Å². The van der Waals surface area contributed by atoms with E-state index in [2.05, 4.69) is 10.1 Å². The predicted octanol–water partition coefficient (Wildman–Crippen LogP) is 4.06. The number of hydrogen-bond acceptors (Lipinski definition) is 6. The second-order valence-electron chi connectivity index (χ2n) is 6.35. The van der Waals surface area contributed by atoms with Crippen molar-refractivity contribution in [3.8, 4) is 11.3 Å². The van der Waals surface area contributed by atoms with Crippen molar-refractivity contribution in [2.45, 2.75) is 19.8 Å². The Morgan fingerprint density at radius 3 is 2.72 bits per heavy atom. The molecule has 0 saturated heterocycles. The van der Waals surface area contributed by atoms with Gasteiger partial charge in [-0.25, -0.2) is 4.79 Å². The van der Waals surface area contributed by atoms with Crippen molar-refractivity contribution in [2.24, 2.45) is 10.1 Å². The number of aliphatic imine (C=N–C) groups is 1. The molecule has 0 fully saturated rings. The Kier molecular flexibility index (Phi) is 4.89. The zero-order valence-electron chi connectivity index (χ0n) is 15.4. The third-order valence-electron chi connectivity index (χ3n) is 4.29. The van der Waals surface area contributed by atoms with E-state index in [1.54, 1.807) is 24.3 Å². The highest BCUT2D eigenvalue weighted by molar-refractivity contribution is 8.26. The summed E-state index contributed by atoms with van der Waals surface area (Å²) in [6.07, 6.45) is 3.15. The molecular weight excluding hydrogens is 392 g/mol. The van der Waals surface area contributed by atoms with Gasteiger partial charge in [0.05, 0.1) is 11.1 Å². The summed E-state index contributed by atoms with van der Waals surface area (Å²) in [6, 6.07) is 9.68. The highest BCUT2D eigenvalue weighted by Gasteiger charge is 2.35. The number of amides is 1. The predicted molar refractivity (Wildman–Crippen MR) is 111 cm³/mol. The minimum absolute atomic E-state index is 0.0395. The van der Waals surface area contributed by atoms with Crippen LogP contribution >= 0.6 is 11.8 Å². The number of nitrogens with one attached hydrogen (secondary N) is 1. The zero-order valence-corrected chi connectivity index (χ0v) is 16.2. The summed E-state index contributed by atoms with van der Waals surface area (Å²) in [7, 11) is 0. The van der Waals surface area contributed by atoms with Crippen LogP contribution in [0.2, 0.25) is 0 Å². The van der Waals surface area contributed by atoms with Gasteiger partial charge in [0.25, 0.3) is 5.91 Å². The molecule has 4 rings (SSSR count). The summed E-state index contributed by atoms with van der Waals surface area (Å²) >= 11 is 1.31. The van der Waals surface area contributed by atoms with E-state index in [4.69, 9.17) is 14.9 Å². The van der Waals surface area contributed by atoms with Crippen LogP contribution in [0.5, 0.6) is 0 Å². The monoisotopic (exact) mass is 408 g/mol. The topological polar surface area (TPSA) is 119 Å². The molecule has 2 N–H and O–H groups in total. The normalized spacial score (nSPS) is 17.4. The van der Waals surface area contributed by atoms with E-state index >= 15 is 0 Å². The maximum absolute atomic E-state index is 12.4. The van der Waals surface area contributed by atoms with Gasteiger partial charge >= 0.3 is 5.97 Å². The van der Waals surface area contributed by atoms with Gasteiger partial charge in [-0.15, -0.1) is 0 Å². The van der Waals surface area contributed by atoms with Gasteiger partial charge in [-0.1, -0.05) is 19.1 Å². The molecule has 0 bridgehead atoms. The van der Waals surface area contributed by atoms with Crippen LogP contribution in [0.3, 0.4) is 0 Å². The fraction of sp³-hybridized carbons (Fsp3) is 0.150. The highest BCUT2D eigenvalue weighted by atomic mass is 32.2. The lowest BCUT2D eigenvalue weighted by atomic mass is 10.1. The van der Waals surface area contributed by atoms with Crippen molar-refractivity contribution >= 4 is 45.8 Å². The van der Waals surface area contributed by atoms with E-state index in [0.717, 1.165) is 17.9 Å². The van der Waals surface area contributed by atoms with Gasteiger partial charge in [0.15, 0.2) is 5.84 Å². The molecule has 1 aromatic carbocycles. The number of amidine groups is 2. The Labute approximate surface area is 170 Å². The zero-order chi connectivity index (χ0) is 20.5. The summed E-state index contributed by atoms with van der Waals surface area (Å²) < 4.78 is 5.76. The van der Waals surface area contributed by atoms with Gasteiger partial charge in [-0.3, -0.25) is 10.2 Å². The van der Waals surface area contributed by atoms with Gasteiger partial charge in [0.2, 0.25) is 5.17 Å². The molecule has 0 spiro atoms. The molecule has 146 valence electrons. The summed E-state index contributed by atoms with van der Waals surface area (Å²) in [4.78, 5) is 27.4. The van der Waals surface area contributed by atoms with Crippen LogP contribution in [0.25, 0.3) is 17.4 Å². The van der Waals surface area contributed by atoms with E-state index in [1.165, 1.54) is 35.0 Å². The minimum atomic E-state index is -1.000. The van der Waals surface area contributed by atoms with Crippen LogP contribution in [-0.2, 0) is 4.79 Å². The van der Waals surface area contributed by atoms with Gasteiger partial charge < -0.3 is 9.52 Å². The molecule has 8 nitrogen and oxygen atoms in total. The average Bonchev–Trinajstić information content (AvgIpc) is 3.32. The number of furan rings is 1. The highest BCUT2D eigenvalue weighted by Crippen LogP contribution is 2.30. The number of benzene rings is 1. The van der Waals surface area contributed by atoms with Crippen molar-refractivity contribution in [3.63, 3.8) is 0 Å². The Balaban J connectivity index is 1.60. The number of carbonyl (C=O) groups is 2. The molecule has 29 heavy (non-hydrogen) atoms. The number of carboxylic acid groups (broad SMARTS) is 1. The van der Waals surface area contributed by atoms with Crippen LogP contribution in [-0.4, -0.2) is 38.0 Å². The number of hydrogen-bond donors (Lipinski definition) is 2. The molecule has 1 amide bonds. The van der Waals surface area contributed by atoms with Crippen LogP contribution < -0.4 is 0 Å². The first-order chi connectivity index (χ1) is 14.0. The fourth-order valence-corrected chi connectivity index (χ4v) is 3.84. The van der Waals surface area contributed by atoms with Crippen molar-refractivity contribution in [3.05, 3.63) is 53.3 Å². The van der Waals surface area contributed by atoms with Gasteiger partial charge in [0.1, 0.15) is 16.6 Å². The lowest BCUT2D eigenvalue weighted by molar-refractivity contribution is -0.114. The summed E-state index contributed by atoms with van der Waals surface area (Å²) in [5.41, 5.74) is 0.983. The van der Waals surface area contributed by atoms with E-state index in [-0.39, 0.29) is 17.0 Å². The molecule has 3 heterocycles. The van der Waals surface area contributed by atoms with Crippen LogP contribution in [0.1, 0.15) is 35.9 Å². The summed E-state index contributed by atoms with van der Waals surface area (Å²) in [5.74, 6) is -0.639. The number of carbonyl (C=O) groups excluding carboxylic acids is 1. The Morgan fingerprint density at radius 1 is 1.28 bits per heavy atom. The number of carboxylic acids is 1. The number of thioether (sulfide) groups is 1. The molecule has 9 heteroatoms. The number of rotatable bonds is 5. The third kappa shape index (κ3) is 3.64. The Hall–Kier alpha value is -3.46. The Bertz CT molecular complexity index is 1110. The smallest absolute Gasteiger partial charge is 0.335 e. The van der Waals surface area contributed by atoms with Crippen molar-refractivity contribution in [1.82, 2.24) is 5.01 Å². The largest absolute Gasteiger partial charge is 0.478 e. The molecule has 2 aliphatic heterocycles. The first kappa shape index (κ1) is 18.9. The molecule has 0 saturated carbocycles. The van der Waals surface area contributed by atoms with Crippen LogP contribution in [0.4, 0.5) is 0 Å². The van der Waals surface area contributed by atoms with Gasteiger partial charge in [-0.2, -0.15) is 15.1 Å². The lowest BCUT2D eigenvalue weighted by Crippen LogP contribution is -2.35. The molecule has 1 aromatic heterocycles. The minimum Gasteiger partial charge on any atom is -0.478 e. The molecule has 2 aromatic rings. The van der Waals surface area contributed by atoms with Gasteiger partial charge in [0, 0.05) is 5.56 Å². The number of fused-ring (bicyclic) bond motifs is 1. The summed E-state index contributed by atoms with van der Waals surface area (Å²) in [6.45, 7) is 2.04. The average molecular weight is 408 g/mol. The van der Waals surface area contributed by atoms with Crippen molar-refractivity contribution in [2.75, 3.05) is 0 Å². The maximum Gasteiger partial charge on any atom is 0.335 e. The van der Waals surface area contributed by atoms with E-state index in [1.807, 2.05) is 6.92 Å². The van der Waals surface area contributed by atoms with Crippen LogP contribution in [0, 0.1) is 5.41 Å². The van der Waals surface area contributed by atoms with E-state index < -0.39 is 11.9 Å². The van der Waals surface area contributed by atoms with Gasteiger partial charge in [-0.05, 0) is 54.9 Å². The van der Waals surface area contributed by atoms with Crippen LogP contribution in [0.15, 0.2) is 56.5 Å². The van der Waals surface area contributed by atoms with Crippen molar-refractivity contribution < 1.29 is 19.1 Å². The SMILES string of the molecule is CCCC1=NN2C(=N)/C(=C\c3ccc(-c4ccc(C(=O)O)cc4)o3)C(=O)N=C2S1. The lowest BCUT2D eigenvalue weighted by Gasteiger charge is -2.19. The maximum atomic E-state index is 12.4. The van der Waals surface area contributed by atoms with E-state index in [9.17, 15) is 9.59 Å².